The summed E-state index contributed by atoms with van der Waals surface area (Å²) in [6, 6.07) is 6.93. The monoisotopic (exact) mass is 325 g/mol. The number of amides is 1. The molecular formula is C16H23NO4S. The second kappa shape index (κ2) is 8.08. The zero-order valence-electron chi connectivity index (χ0n) is 13.4. The number of benzene rings is 1. The van der Waals surface area contributed by atoms with Crippen LogP contribution in [0, 0.1) is 0 Å². The number of carboxylic acid groups (broad SMARTS) is 1. The molecule has 1 aromatic rings. The molecule has 0 aliphatic carbocycles. The summed E-state index contributed by atoms with van der Waals surface area (Å²) >= 11 is 1.60. The van der Waals surface area contributed by atoms with Crippen LogP contribution in [-0.2, 0) is 9.59 Å². The van der Waals surface area contributed by atoms with Gasteiger partial charge < -0.3 is 15.2 Å². The molecule has 1 rings (SSSR count). The van der Waals surface area contributed by atoms with Crippen LogP contribution in [0.25, 0.3) is 0 Å². The largest absolute Gasteiger partial charge is 0.482 e. The van der Waals surface area contributed by atoms with Crippen molar-refractivity contribution in [1.82, 2.24) is 5.32 Å². The lowest BCUT2D eigenvalue weighted by Crippen LogP contribution is -2.29. The summed E-state index contributed by atoms with van der Waals surface area (Å²) in [4.78, 5) is 22.3. The molecular weight excluding hydrogens is 302 g/mol. The van der Waals surface area contributed by atoms with Gasteiger partial charge in [-0.2, -0.15) is 0 Å². The molecule has 0 bridgehead atoms. The van der Waals surface area contributed by atoms with Crippen LogP contribution in [0.15, 0.2) is 24.3 Å². The van der Waals surface area contributed by atoms with Crippen LogP contribution in [0.4, 0.5) is 0 Å². The average Bonchev–Trinajstić information content (AvgIpc) is 2.42. The fourth-order valence-electron chi connectivity index (χ4n) is 1.65. The molecule has 1 amide bonds. The second-order valence-corrected chi connectivity index (χ2v) is 7.74. The second-order valence-electron chi connectivity index (χ2n) is 5.94. The Kier molecular flexibility index (Phi) is 6.74. The minimum absolute atomic E-state index is 0.00127. The molecule has 2 N–H and O–H groups in total. The van der Waals surface area contributed by atoms with Gasteiger partial charge in [0.15, 0.2) is 6.61 Å². The molecule has 1 aromatic carbocycles. The quantitative estimate of drug-likeness (QED) is 0.806. The smallest absolute Gasteiger partial charge is 0.341 e. The number of nitrogens with one attached hydrogen (secondary N) is 1. The molecule has 0 heterocycles. The highest BCUT2D eigenvalue weighted by Gasteiger charge is 2.15. The van der Waals surface area contributed by atoms with E-state index in [1.807, 2.05) is 19.1 Å². The minimum atomic E-state index is -1.01. The standard InChI is InChI=1S/C16H23NO4S/c1-11(17-14(18)10-22-16(2,3)4)12-5-7-13(8-6-12)21-9-15(19)20/h5-8,11H,9-10H2,1-4H3,(H,17,18)(H,19,20). The number of thioether (sulfide) groups is 1. The lowest BCUT2D eigenvalue weighted by atomic mass is 10.1. The van der Waals surface area contributed by atoms with Gasteiger partial charge in [-0.1, -0.05) is 32.9 Å². The highest BCUT2D eigenvalue weighted by atomic mass is 32.2. The molecule has 122 valence electrons. The van der Waals surface area contributed by atoms with Crippen molar-refractivity contribution < 1.29 is 19.4 Å². The fourth-order valence-corrected chi connectivity index (χ4v) is 2.29. The summed E-state index contributed by atoms with van der Waals surface area (Å²) < 4.78 is 5.13. The summed E-state index contributed by atoms with van der Waals surface area (Å²) in [5, 5.41) is 11.5. The summed E-state index contributed by atoms with van der Waals surface area (Å²) in [6.07, 6.45) is 0. The highest BCUT2D eigenvalue weighted by molar-refractivity contribution is 8.01. The first-order chi connectivity index (χ1) is 10.2. The third kappa shape index (κ3) is 7.36. The molecule has 5 nitrogen and oxygen atoms in total. The first kappa shape index (κ1) is 18.4. The van der Waals surface area contributed by atoms with E-state index < -0.39 is 5.97 Å². The van der Waals surface area contributed by atoms with E-state index in [4.69, 9.17) is 9.84 Å². The van der Waals surface area contributed by atoms with E-state index in [0.29, 0.717) is 11.5 Å². The first-order valence-electron chi connectivity index (χ1n) is 7.05. The summed E-state index contributed by atoms with van der Waals surface area (Å²) in [5.41, 5.74) is 0.941. The van der Waals surface area contributed by atoms with Gasteiger partial charge in [0.05, 0.1) is 11.8 Å². The Morgan fingerprint density at radius 3 is 2.36 bits per heavy atom. The number of aliphatic carboxylic acids is 1. The number of carboxylic acids is 1. The molecule has 1 unspecified atom stereocenters. The van der Waals surface area contributed by atoms with Crippen LogP contribution in [0.1, 0.15) is 39.3 Å². The van der Waals surface area contributed by atoms with Crippen LogP contribution < -0.4 is 10.1 Å². The van der Waals surface area contributed by atoms with Gasteiger partial charge in [0.1, 0.15) is 5.75 Å². The summed E-state index contributed by atoms with van der Waals surface area (Å²) in [6.45, 7) is 7.76. The van der Waals surface area contributed by atoms with Crippen molar-refractivity contribution in [2.75, 3.05) is 12.4 Å². The molecule has 6 heteroatoms. The van der Waals surface area contributed by atoms with Gasteiger partial charge in [0.2, 0.25) is 5.91 Å². The minimum Gasteiger partial charge on any atom is -0.482 e. The number of hydrogen-bond donors (Lipinski definition) is 2. The van der Waals surface area contributed by atoms with E-state index in [1.54, 1.807) is 23.9 Å². The maximum Gasteiger partial charge on any atom is 0.341 e. The Morgan fingerprint density at radius 2 is 1.86 bits per heavy atom. The van der Waals surface area contributed by atoms with Crippen molar-refractivity contribution in [1.29, 1.82) is 0 Å². The fraction of sp³-hybridized carbons (Fsp3) is 0.500. The van der Waals surface area contributed by atoms with Gasteiger partial charge in [-0.25, -0.2) is 4.79 Å². The van der Waals surface area contributed by atoms with Crippen molar-refractivity contribution in [3.8, 4) is 5.75 Å². The molecule has 1 atom stereocenters. The van der Waals surface area contributed by atoms with E-state index in [2.05, 4.69) is 26.1 Å². The molecule has 0 aliphatic rings. The van der Waals surface area contributed by atoms with E-state index in [-0.39, 0.29) is 23.3 Å². The van der Waals surface area contributed by atoms with Gasteiger partial charge in [-0.05, 0) is 24.6 Å². The Bertz CT molecular complexity index is 508. The van der Waals surface area contributed by atoms with Crippen molar-refractivity contribution in [2.45, 2.75) is 38.5 Å². The zero-order valence-corrected chi connectivity index (χ0v) is 14.2. The number of rotatable bonds is 7. The van der Waals surface area contributed by atoms with Crippen LogP contribution in [0.2, 0.25) is 0 Å². The van der Waals surface area contributed by atoms with E-state index in [1.165, 1.54) is 0 Å². The normalized spacial score (nSPS) is 12.5. The van der Waals surface area contributed by atoms with Gasteiger partial charge >= 0.3 is 5.97 Å². The predicted octanol–water partition coefficient (Wildman–Crippen LogP) is 2.86. The van der Waals surface area contributed by atoms with Gasteiger partial charge in [0, 0.05) is 4.75 Å². The third-order valence-electron chi connectivity index (χ3n) is 2.76. The number of hydrogen-bond acceptors (Lipinski definition) is 4. The maximum absolute atomic E-state index is 11.9. The van der Waals surface area contributed by atoms with Crippen molar-refractivity contribution in [3.05, 3.63) is 29.8 Å². The number of carbonyl (C=O) groups is 2. The maximum atomic E-state index is 11.9. The molecule has 0 aliphatic heterocycles. The lowest BCUT2D eigenvalue weighted by molar-refractivity contribution is -0.139. The predicted molar refractivity (Wildman–Crippen MR) is 88.3 cm³/mol. The number of ether oxygens (including phenoxy) is 1. The van der Waals surface area contributed by atoms with Gasteiger partial charge in [0.25, 0.3) is 0 Å². The van der Waals surface area contributed by atoms with Crippen molar-refractivity contribution in [2.24, 2.45) is 0 Å². The van der Waals surface area contributed by atoms with E-state index in [0.717, 1.165) is 5.56 Å². The Hall–Kier alpha value is -1.69. The average molecular weight is 325 g/mol. The molecule has 0 spiro atoms. The van der Waals surface area contributed by atoms with Crippen molar-refractivity contribution >= 4 is 23.6 Å². The third-order valence-corrected chi connectivity index (χ3v) is 4.03. The molecule has 0 saturated carbocycles. The topological polar surface area (TPSA) is 75.6 Å². The Morgan fingerprint density at radius 1 is 1.27 bits per heavy atom. The molecule has 22 heavy (non-hydrogen) atoms. The SMILES string of the molecule is CC(NC(=O)CSC(C)(C)C)c1ccc(OCC(=O)O)cc1. The molecule has 0 fully saturated rings. The highest BCUT2D eigenvalue weighted by Crippen LogP contribution is 2.23. The molecule has 0 saturated heterocycles. The summed E-state index contributed by atoms with van der Waals surface area (Å²) in [5.74, 6) is -0.0964. The Labute approximate surface area is 135 Å². The summed E-state index contributed by atoms with van der Waals surface area (Å²) in [7, 11) is 0. The van der Waals surface area contributed by atoms with Crippen LogP contribution in [0.3, 0.4) is 0 Å². The molecule has 0 aromatic heterocycles. The molecule has 0 radical (unpaired) electrons. The Balaban J connectivity index is 2.49. The van der Waals surface area contributed by atoms with Crippen LogP contribution in [0.5, 0.6) is 5.75 Å². The van der Waals surface area contributed by atoms with Gasteiger partial charge in [-0.15, -0.1) is 11.8 Å². The number of carbonyl (C=O) groups excluding carboxylic acids is 1. The van der Waals surface area contributed by atoms with Gasteiger partial charge in [-0.3, -0.25) is 4.79 Å². The van der Waals surface area contributed by atoms with Crippen LogP contribution >= 0.6 is 11.8 Å². The van der Waals surface area contributed by atoms with Crippen LogP contribution in [-0.4, -0.2) is 34.1 Å². The lowest BCUT2D eigenvalue weighted by Gasteiger charge is -2.19. The first-order valence-corrected chi connectivity index (χ1v) is 8.04. The van der Waals surface area contributed by atoms with E-state index >= 15 is 0 Å². The van der Waals surface area contributed by atoms with E-state index in [9.17, 15) is 9.59 Å². The zero-order chi connectivity index (χ0) is 16.8. The van der Waals surface area contributed by atoms with Crippen molar-refractivity contribution in [3.63, 3.8) is 0 Å².